The lowest BCUT2D eigenvalue weighted by Crippen LogP contribution is -2.45. The van der Waals surface area contributed by atoms with Gasteiger partial charge in [-0.15, -0.1) is 0 Å². The van der Waals surface area contributed by atoms with Crippen LogP contribution in [-0.2, 0) is 24.3 Å². The van der Waals surface area contributed by atoms with Crippen molar-refractivity contribution < 1.29 is 19.0 Å². The molecule has 6 rings (SSSR count). The zero-order chi connectivity index (χ0) is 29.1. The topological polar surface area (TPSA) is 99.8 Å². The summed E-state index contributed by atoms with van der Waals surface area (Å²) >= 11 is 0. The number of hydrogen-bond donors (Lipinski definition) is 0. The number of piperidine rings is 1. The van der Waals surface area contributed by atoms with Gasteiger partial charge in [-0.25, -0.2) is 4.63 Å². The Bertz CT molecular complexity index is 1590. The Morgan fingerprint density at radius 1 is 0.929 bits per heavy atom. The molecule has 214 valence electrons. The van der Waals surface area contributed by atoms with Gasteiger partial charge in [0.2, 0.25) is 5.91 Å². The molecule has 1 aromatic heterocycles. The molecular weight excluding hydrogens is 530 g/mol. The summed E-state index contributed by atoms with van der Waals surface area (Å²) in [5, 5.41) is 7.61. The van der Waals surface area contributed by atoms with E-state index in [1.165, 1.54) is 10.5 Å². The van der Waals surface area contributed by atoms with E-state index >= 15 is 0 Å². The zero-order valence-corrected chi connectivity index (χ0v) is 23.6. The summed E-state index contributed by atoms with van der Waals surface area (Å²) in [7, 11) is 0. The number of rotatable bonds is 9. The summed E-state index contributed by atoms with van der Waals surface area (Å²) < 4.78 is 4.76. The molecule has 1 fully saturated rings. The van der Waals surface area contributed by atoms with Crippen LogP contribution in [0.15, 0.2) is 83.5 Å². The highest BCUT2D eigenvalue weighted by molar-refractivity contribution is 6.23. The van der Waals surface area contributed by atoms with Crippen molar-refractivity contribution in [3.8, 4) is 0 Å². The molecule has 0 aliphatic carbocycles. The molecular formula is C33H33N5O4. The van der Waals surface area contributed by atoms with Crippen molar-refractivity contribution in [1.29, 1.82) is 0 Å². The van der Waals surface area contributed by atoms with Gasteiger partial charge in [-0.1, -0.05) is 77.0 Å². The summed E-state index contributed by atoms with van der Waals surface area (Å²) in [6.45, 7) is 4.07. The zero-order valence-electron chi connectivity index (χ0n) is 23.6. The molecule has 3 heterocycles. The molecule has 42 heavy (non-hydrogen) atoms. The van der Waals surface area contributed by atoms with Gasteiger partial charge in [0.05, 0.1) is 29.3 Å². The number of hydrogen-bond acceptors (Lipinski definition) is 7. The van der Waals surface area contributed by atoms with Crippen LogP contribution in [0.3, 0.4) is 0 Å². The first kappa shape index (κ1) is 27.4. The number of fused-ring (bicyclic) bond motifs is 1. The van der Waals surface area contributed by atoms with Gasteiger partial charge in [-0.2, -0.15) is 0 Å². The second kappa shape index (κ2) is 12.0. The molecule has 1 atom stereocenters. The molecule has 4 aromatic rings. The average molecular weight is 564 g/mol. The van der Waals surface area contributed by atoms with Gasteiger partial charge in [-0.05, 0) is 49.4 Å². The van der Waals surface area contributed by atoms with Crippen molar-refractivity contribution in [3.05, 3.63) is 113 Å². The van der Waals surface area contributed by atoms with E-state index in [4.69, 9.17) is 4.63 Å². The molecule has 0 spiro atoms. The highest BCUT2D eigenvalue weighted by Crippen LogP contribution is 2.35. The van der Waals surface area contributed by atoms with Crippen molar-refractivity contribution in [1.82, 2.24) is 20.1 Å². The summed E-state index contributed by atoms with van der Waals surface area (Å²) in [5.74, 6) is -0.833. The van der Waals surface area contributed by atoms with Crippen LogP contribution in [0.25, 0.3) is 0 Å². The van der Waals surface area contributed by atoms with Crippen LogP contribution in [-0.4, -0.2) is 57.5 Å². The van der Waals surface area contributed by atoms with E-state index in [9.17, 15) is 14.4 Å². The first-order valence-corrected chi connectivity index (χ1v) is 14.4. The lowest BCUT2D eigenvalue weighted by Gasteiger charge is -2.37. The minimum absolute atomic E-state index is 0.00189. The summed E-state index contributed by atoms with van der Waals surface area (Å²) in [5.41, 5.74) is 4.72. The third kappa shape index (κ3) is 5.54. The van der Waals surface area contributed by atoms with Gasteiger partial charge >= 0.3 is 0 Å². The van der Waals surface area contributed by atoms with Crippen LogP contribution < -0.4 is 4.90 Å². The third-order valence-corrected chi connectivity index (χ3v) is 8.18. The van der Waals surface area contributed by atoms with Crippen molar-refractivity contribution >= 4 is 23.4 Å². The monoisotopic (exact) mass is 563 g/mol. The van der Waals surface area contributed by atoms with Gasteiger partial charge in [0.25, 0.3) is 11.8 Å². The standard InChI is InChI=1S/C33H33N5O4/c1-23-28(35-42-34-23)22-38-32(40)27-15-8-16-29(30(27)33(38)41)36-18-9-14-26(21-36)31(39)37(20-25-12-6-3-7-13-25)19-17-24-10-4-2-5-11-24/h2-8,10-13,15-16,26H,9,14,17-22H2,1H3/t26-/m0/s1. The molecule has 1 saturated heterocycles. The number of nitrogens with zero attached hydrogens (tertiary/aromatic N) is 5. The average Bonchev–Trinajstić information content (AvgIpc) is 3.55. The molecule has 0 bridgehead atoms. The molecule has 2 aliphatic heterocycles. The van der Waals surface area contributed by atoms with Crippen LogP contribution in [0, 0.1) is 12.8 Å². The number of benzene rings is 3. The Morgan fingerprint density at radius 2 is 1.67 bits per heavy atom. The Labute approximate surface area is 244 Å². The number of carbonyl (C=O) groups excluding carboxylic acids is 3. The fourth-order valence-electron chi connectivity index (χ4n) is 5.90. The van der Waals surface area contributed by atoms with Crippen LogP contribution in [0.5, 0.6) is 0 Å². The maximum atomic E-state index is 14.1. The second-order valence-corrected chi connectivity index (χ2v) is 11.0. The van der Waals surface area contributed by atoms with Crippen molar-refractivity contribution in [2.75, 3.05) is 24.5 Å². The van der Waals surface area contributed by atoms with Crippen LogP contribution >= 0.6 is 0 Å². The van der Waals surface area contributed by atoms with Gasteiger partial charge in [0, 0.05) is 26.2 Å². The Hall–Kier alpha value is -4.79. The molecule has 2 aliphatic rings. The lowest BCUT2D eigenvalue weighted by atomic mass is 9.94. The SMILES string of the molecule is Cc1nonc1CN1C(=O)c2cccc(N3CCC[C@H](C(=O)N(CCc4ccccc4)Cc4ccccc4)C3)c2C1=O. The van der Waals surface area contributed by atoms with Gasteiger partial charge in [0.1, 0.15) is 11.4 Å². The maximum absolute atomic E-state index is 14.1. The van der Waals surface area contributed by atoms with Crippen molar-refractivity contribution in [2.24, 2.45) is 5.92 Å². The fraction of sp³-hybridized carbons (Fsp3) is 0.303. The molecule has 0 radical (unpaired) electrons. The van der Waals surface area contributed by atoms with Gasteiger partial charge in [-0.3, -0.25) is 19.3 Å². The number of anilines is 1. The number of carbonyl (C=O) groups is 3. The summed E-state index contributed by atoms with van der Waals surface area (Å²) in [6, 6.07) is 25.7. The third-order valence-electron chi connectivity index (χ3n) is 8.18. The molecule has 0 unspecified atom stereocenters. The second-order valence-electron chi connectivity index (χ2n) is 11.0. The molecule has 0 saturated carbocycles. The molecule has 9 heteroatoms. The first-order valence-electron chi connectivity index (χ1n) is 14.4. The summed E-state index contributed by atoms with van der Waals surface area (Å²) in [6.07, 6.45) is 2.36. The van der Waals surface area contributed by atoms with E-state index in [1.807, 2.05) is 59.5 Å². The van der Waals surface area contributed by atoms with Crippen LogP contribution in [0.1, 0.15) is 56.1 Å². The smallest absolute Gasteiger partial charge is 0.264 e. The first-order chi connectivity index (χ1) is 20.5. The highest BCUT2D eigenvalue weighted by atomic mass is 16.6. The number of imide groups is 1. The number of aromatic nitrogens is 2. The summed E-state index contributed by atoms with van der Waals surface area (Å²) in [4.78, 5) is 46.2. The predicted molar refractivity (Wildman–Crippen MR) is 157 cm³/mol. The maximum Gasteiger partial charge on any atom is 0.264 e. The fourth-order valence-corrected chi connectivity index (χ4v) is 5.90. The van der Waals surface area contributed by atoms with E-state index in [2.05, 4.69) is 27.3 Å². The largest absolute Gasteiger partial charge is 0.370 e. The van der Waals surface area contributed by atoms with E-state index in [0.29, 0.717) is 54.4 Å². The number of amides is 3. The van der Waals surface area contributed by atoms with Crippen LogP contribution in [0.4, 0.5) is 5.69 Å². The van der Waals surface area contributed by atoms with E-state index < -0.39 is 0 Å². The van der Waals surface area contributed by atoms with Gasteiger partial charge in [0.15, 0.2) is 0 Å². The Balaban J connectivity index is 1.21. The lowest BCUT2D eigenvalue weighted by molar-refractivity contribution is -0.136. The molecule has 0 N–H and O–H groups in total. The van der Waals surface area contributed by atoms with Crippen molar-refractivity contribution in [3.63, 3.8) is 0 Å². The Morgan fingerprint density at radius 3 is 2.38 bits per heavy atom. The highest BCUT2D eigenvalue weighted by Gasteiger charge is 2.40. The van der Waals surface area contributed by atoms with E-state index in [1.54, 1.807) is 19.1 Å². The Kier molecular flexibility index (Phi) is 7.81. The van der Waals surface area contributed by atoms with Gasteiger partial charge < -0.3 is 9.80 Å². The number of aryl methyl sites for hydroxylation is 1. The molecule has 3 amide bonds. The minimum atomic E-state index is -0.366. The normalized spacial score (nSPS) is 16.5. The predicted octanol–water partition coefficient (Wildman–Crippen LogP) is 4.66. The van der Waals surface area contributed by atoms with E-state index in [-0.39, 0.29) is 30.2 Å². The molecule has 9 nitrogen and oxygen atoms in total. The minimum Gasteiger partial charge on any atom is -0.370 e. The molecule has 3 aromatic carbocycles. The van der Waals surface area contributed by atoms with Crippen molar-refractivity contribution in [2.45, 2.75) is 39.3 Å². The van der Waals surface area contributed by atoms with E-state index in [0.717, 1.165) is 24.8 Å². The quantitative estimate of drug-likeness (QED) is 0.273. The van der Waals surface area contributed by atoms with Crippen LogP contribution in [0.2, 0.25) is 0 Å².